The van der Waals surface area contributed by atoms with E-state index in [4.69, 9.17) is 28.4 Å². The Kier molecular flexibility index (Phi) is 13.1. The summed E-state index contributed by atoms with van der Waals surface area (Å²) >= 11 is 0. The van der Waals surface area contributed by atoms with Crippen molar-refractivity contribution in [3.8, 4) is 0 Å². The van der Waals surface area contributed by atoms with E-state index < -0.39 is 95.5 Å². The van der Waals surface area contributed by atoms with Crippen molar-refractivity contribution in [3.05, 3.63) is 54.1 Å². The summed E-state index contributed by atoms with van der Waals surface area (Å²) in [6.45, 7) is 14.7. The molecule has 334 valence electrons. The summed E-state index contributed by atoms with van der Waals surface area (Å²) in [6, 6.07) is 12.3. The Morgan fingerprint density at radius 2 is 1.74 bits per heavy atom. The number of ether oxygens (including phenoxy) is 6. The molecule has 2 aromatic carbocycles. The fraction of sp³-hybridized carbons (Fsp3) is 0.660. The molecule has 2 N–H and O–H groups in total. The van der Waals surface area contributed by atoms with E-state index >= 15 is 0 Å². The van der Waals surface area contributed by atoms with Crippen molar-refractivity contribution in [2.24, 2.45) is 29.6 Å². The number of hydrogen-bond donors (Lipinski definition) is 2. The maximum atomic E-state index is 14.9. The molecule has 14 heteroatoms. The van der Waals surface area contributed by atoms with Gasteiger partial charge in [0.25, 0.3) is 0 Å². The van der Waals surface area contributed by atoms with Crippen LogP contribution < -0.4 is 5.32 Å². The average molecular weight is 848 g/mol. The van der Waals surface area contributed by atoms with Crippen molar-refractivity contribution in [1.29, 1.82) is 0 Å². The molecule has 5 fully saturated rings. The minimum atomic E-state index is -1.42. The van der Waals surface area contributed by atoms with Gasteiger partial charge in [-0.05, 0) is 78.1 Å². The fourth-order valence-electron chi connectivity index (χ4n) is 11.0. The lowest BCUT2D eigenvalue weighted by atomic mass is 9.72. The number of carbonyl (C=O) groups excluding carboxylic acids is 4. The van der Waals surface area contributed by atoms with Crippen LogP contribution in [0.4, 0.5) is 10.5 Å². The molecule has 15 atom stereocenters. The number of nitrogens with one attached hydrogen (secondary N) is 1. The number of aliphatic hydroxyl groups excluding tert-OH is 1. The number of fused-ring (bicyclic) bond motifs is 6. The fourth-order valence-corrected chi connectivity index (χ4v) is 11.0. The zero-order valence-corrected chi connectivity index (χ0v) is 37.3. The lowest BCUT2D eigenvalue weighted by molar-refractivity contribution is -0.302. The quantitative estimate of drug-likeness (QED) is 0.269. The van der Waals surface area contributed by atoms with Gasteiger partial charge in [0.15, 0.2) is 11.9 Å². The van der Waals surface area contributed by atoms with Crippen LogP contribution in [0.5, 0.6) is 0 Å². The number of hydrogen-bond acceptors (Lipinski definition) is 12. The molecule has 0 spiro atoms. The van der Waals surface area contributed by atoms with Gasteiger partial charge in [0, 0.05) is 53.4 Å². The maximum Gasteiger partial charge on any atom is 0.411 e. The number of benzene rings is 2. The minimum absolute atomic E-state index is 0.00564. The van der Waals surface area contributed by atoms with Crippen LogP contribution in [0.15, 0.2) is 54.1 Å². The van der Waals surface area contributed by atoms with Gasteiger partial charge in [-0.15, -0.1) is 0 Å². The van der Waals surface area contributed by atoms with Crippen LogP contribution in [0.3, 0.4) is 0 Å². The Hall–Kier alpha value is -3.92. The molecular weight excluding hydrogens is 783 g/mol. The topological polar surface area (TPSA) is 162 Å². The lowest BCUT2D eigenvalue weighted by Gasteiger charge is -2.48. The lowest BCUT2D eigenvalue weighted by Crippen LogP contribution is -2.61. The maximum absolute atomic E-state index is 14.9. The second-order valence-corrected chi connectivity index (χ2v) is 18.9. The van der Waals surface area contributed by atoms with Gasteiger partial charge in [-0.2, -0.15) is 0 Å². The van der Waals surface area contributed by atoms with E-state index in [0.29, 0.717) is 24.1 Å². The molecule has 5 aliphatic heterocycles. The van der Waals surface area contributed by atoms with Crippen LogP contribution in [0.25, 0.3) is 10.8 Å². The zero-order valence-electron chi connectivity index (χ0n) is 37.3. The highest BCUT2D eigenvalue weighted by atomic mass is 16.7. The number of cyclic esters (lactones) is 1. The van der Waals surface area contributed by atoms with Gasteiger partial charge < -0.3 is 43.7 Å². The molecule has 3 unspecified atom stereocenters. The summed E-state index contributed by atoms with van der Waals surface area (Å²) < 4.78 is 39.9. The van der Waals surface area contributed by atoms with Gasteiger partial charge in [-0.25, -0.2) is 4.79 Å². The summed E-state index contributed by atoms with van der Waals surface area (Å²) in [5, 5.41) is 16.6. The summed E-state index contributed by atoms with van der Waals surface area (Å²) in [5.41, 5.74) is -1.51. The van der Waals surface area contributed by atoms with Crippen LogP contribution in [-0.2, 0) is 42.8 Å². The minimum Gasteiger partial charge on any atom is -0.458 e. The van der Waals surface area contributed by atoms with Crippen molar-refractivity contribution in [3.63, 3.8) is 0 Å². The molecule has 0 radical (unpaired) electrons. The third-order valence-electron chi connectivity index (χ3n) is 14.2. The highest BCUT2D eigenvalue weighted by Gasteiger charge is 2.61. The van der Waals surface area contributed by atoms with Crippen LogP contribution >= 0.6 is 0 Å². The first kappa shape index (κ1) is 45.1. The molecule has 5 aliphatic rings. The van der Waals surface area contributed by atoms with Crippen molar-refractivity contribution in [1.82, 2.24) is 9.80 Å². The third-order valence-corrected chi connectivity index (χ3v) is 14.2. The molecular formula is C47H65N3O11. The van der Waals surface area contributed by atoms with Crippen LogP contribution in [0.2, 0.25) is 0 Å². The largest absolute Gasteiger partial charge is 0.458 e. The van der Waals surface area contributed by atoms with E-state index in [1.807, 2.05) is 96.1 Å². The van der Waals surface area contributed by atoms with E-state index in [-0.39, 0.29) is 44.1 Å². The number of esters is 1. The summed E-state index contributed by atoms with van der Waals surface area (Å²) in [7, 11) is 3.81. The van der Waals surface area contributed by atoms with Gasteiger partial charge in [-0.3, -0.25) is 19.3 Å². The molecule has 61 heavy (non-hydrogen) atoms. The van der Waals surface area contributed by atoms with Crippen molar-refractivity contribution >= 4 is 40.2 Å². The predicted molar refractivity (Wildman–Crippen MR) is 227 cm³/mol. The summed E-state index contributed by atoms with van der Waals surface area (Å²) in [5.74, 6) is -4.59. The van der Waals surface area contributed by atoms with Crippen molar-refractivity contribution < 1.29 is 52.7 Å². The van der Waals surface area contributed by atoms with E-state index in [1.165, 1.54) is 11.0 Å². The average Bonchev–Trinajstić information content (AvgIpc) is 3.49. The Labute approximate surface area is 359 Å². The van der Waals surface area contributed by atoms with Gasteiger partial charge in [-0.1, -0.05) is 64.1 Å². The smallest absolute Gasteiger partial charge is 0.411 e. The number of rotatable bonds is 6. The number of likely N-dealkylation sites (N-methyl/N-ethyl adjacent to an activating group) is 1. The Balaban J connectivity index is 1.40. The van der Waals surface area contributed by atoms with Gasteiger partial charge in [0.05, 0.1) is 49.1 Å². The molecule has 2 amide bonds. The highest BCUT2D eigenvalue weighted by Crippen LogP contribution is 2.46. The molecule has 2 aromatic rings. The highest BCUT2D eigenvalue weighted by molar-refractivity contribution is 6.06. The molecule has 7 rings (SSSR count). The van der Waals surface area contributed by atoms with Gasteiger partial charge >= 0.3 is 12.1 Å². The monoisotopic (exact) mass is 847 g/mol. The van der Waals surface area contributed by atoms with E-state index in [2.05, 4.69) is 5.32 Å². The van der Waals surface area contributed by atoms with Crippen molar-refractivity contribution in [2.75, 3.05) is 39.2 Å². The second kappa shape index (κ2) is 17.7. The van der Waals surface area contributed by atoms with Crippen LogP contribution in [0, 0.1) is 29.6 Å². The number of amides is 2. The van der Waals surface area contributed by atoms with Gasteiger partial charge in [0.2, 0.25) is 5.91 Å². The summed E-state index contributed by atoms with van der Waals surface area (Å²) in [6.07, 6.45) is -3.07. The molecule has 0 aliphatic carbocycles. The number of anilines is 1. The first-order valence-electron chi connectivity index (χ1n) is 22.0. The molecule has 5 heterocycles. The molecule has 0 aromatic heterocycles. The standard InChI is InChI=1S/C47H65N3O11/c1-11-36-47(8)41-27(4)38(52)25(2)21-46(7)42(60-44-39(53)35(49(9)10)19-26(3)58-44)28(5)40(29(6)43(54)59-36)56-23-32(24-57-46)31(22-50(41)45(55)61-47)20-37(51)48-34-18-14-16-30-15-12-13-17-33(30)34/h12-18,20,25-29,32,35-36,39-42,44,53H,11,19,21-24H2,1-10H3,(H,48,51)/b31-20-/t25-,26-,27+,28+,29-,32?,35+,36-,39-,40+,41+,42-,44+,46?,47?/m1/s1. The van der Waals surface area contributed by atoms with Gasteiger partial charge in [0.1, 0.15) is 18.0 Å². The molecule has 5 saturated heterocycles. The normalized spacial score (nSPS) is 40.5. The van der Waals surface area contributed by atoms with Crippen LogP contribution in [-0.4, -0.2) is 133 Å². The zero-order chi connectivity index (χ0) is 44.1. The number of nitrogens with zero attached hydrogens (tertiary/aromatic N) is 2. The molecule has 0 saturated carbocycles. The molecule has 6 bridgehead atoms. The van der Waals surface area contributed by atoms with Crippen molar-refractivity contribution in [2.45, 2.75) is 135 Å². The first-order chi connectivity index (χ1) is 28.9. The van der Waals surface area contributed by atoms with E-state index in [9.17, 15) is 24.3 Å². The number of carbonyl (C=O) groups is 4. The Morgan fingerprint density at radius 1 is 1.02 bits per heavy atom. The first-order valence-corrected chi connectivity index (χ1v) is 22.0. The number of aliphatic hydroxyl groups is 1. The predicted octanol–water partition coefficient (Wildman–Crippen LogP) is 5.74. The number of Topliss-reactive ketones (excluding diaryl/α,β-unsaturated/α-hetero) is 1. The second-order valence-electron chi connectivity index (χ2n) is 18.9. The third kappa shape index (κ3) is 8.60. The van der Waals surface area contributed by atoms with E-state index in [1.54, 1.807) is 20.8 Å². The summed E-state index contributed by atoms with van der Waals surface area (Å²) in [4.78, 5) is 61.4. The Morgan fingerprint density at radius 3 is 2.46 bits per heavy atom. The van der Waals surface area contributed by atoms with Crippen LogP contribution in [0.1, 0.15) is 74.7 Å². The SMILES string of the molecule is CC[C@H]1OC(=O)[C@H](C)[C@H]2OCC3COC(C)(C[C@@H](C)C(=O)[C@H](C)[C@@H]4N(C/C3=C/C(=O)Nc3cccc5ccccc35)C(=O)OC41C)[C@H](O[C@@H]1O[C@H](C)C[C@H](N(C)C)[C@H]1O)[C@H]2C. The molecule has 14 nitrogen and oxygen atoms in total. The van der Waals surface area contributed by atoms with E-state index in [0.717, 1.165) is 10.8 Å². The number of ketones is 1. The Bertz CT molecular complexity index is 2000.